The average Bonchev–Trinajstić information content (AvgIpc) is 3.56. The molecule has 2 heterocycles. The van der Waals surface area contributed by atoms with Crippen molar-refractivity contribution in [3.63, 3.8) is 0 Å². The van der Waals surface area contributed by atoms with Gasteiger partial charge in [-0.05, 0) is 53.1 Å². The first kappa shape index (κ1) is 22.2. The van der Waals surface area contributed by atoms with Crippen molar-refractivity contribution in [1.82, 2.24) is 19.9 Å². The molecular weight excluding hydrogens is 502 g/mol. The third-order valence-electron chi connectivity index (χ3n) is 6.28. The van der Waals surface area contributed by atoms with Gasteiger partial charge in [-0.3, -0.25) is 4.79 Å². The number of nitrogens with one attached hydrogen (secondary N) is 2. The summed E-state index contributed by atoms with van der Waals surface area (Å²) in [6.07, 6.45) is 13.2. The lowest BCUT2D eigenvalue weighted by molar-refractivity contribution is -0.122. The zero-order valence-corrected chi connectivity index (χ0v) is 20.4. The number of hydrogen-bond donors (Lipinski definition) is 2. The number of halogens is 2. The monoisotopic (exact) mass is 525 g/mol. The van der Waals surface area contributed by atoms with Gasteiger partial charge in [0.25, 0.3) is 0 Å². The average molecular weight is 527 g/mol. The van der Waals surface area contributed by atoms with Crippen molar-refractivity contribution in [2.24, 2.45) is 17.8 Å². The summed E-state index contributed by atoms with van der Waals surface area (Å²) in [5.41, 5.74) is 2.36. The van der Waals surface area contributed by atoms with Crippen LogP contribution in [0.5, 0.6) is 0 Å². The molecule has 2 aliphatic carbocycles. The maximum atomic E-state index is 12.5. The van der Waals surface area contributed by atoms with E-state index in [4.69, 9.17) is 16.6 Å². The van der Waals surface area contributed by atoms with Crippen molar-refractivity contribution < 1.29 is 4.79 Å². The predicted octanol–water partition coefficient (Wildman–Crippen LogP) is 5.50. The molecule has 33 heavy (non-hydrogen) atoms. The number of hydrogen-bond acceptors (Lipinski definition) is 4. The quantitative estimate of drug-likeness (QED) is 0.380. The molecule has 5 rings (SSSR count). The Morgan fingerprint density at radius 2 is 2.12 bits per heavy atom. The normalized spacial score (nSPS) is 21.3. The summed E-state index contributed by atoms with van der Waals surface area (Å²) in [6, 6.07) is 9.61. The van der Waals surface area contributed by atoms with Crippen LogP contribution in [0.2, 0.25) is 5.02 Å². The molecule has 1 fully saturated rings. The van der Waals surface area contributed by atoms with Gasteiger partial charge in [-0.25, -0.2) is 4.98 Å². The summed E-state index contributed by atoms with van der Waals surface area (Å²) in [6.45, 7) is 1.34. The summed E-state index contributed by atoms with van der Waals surface area (Å²) in [4.78, 5) is 17.2. The predicted molar refractivity (Wildman–Crippen MR) is 135 cm³/mol. The van der Waals surface area contributed by atoms with Gasteiger partial charge in [0, 0.05) is 35.7 Å². The Labute approximate surface area is 206 Å². The zero-order valence-electron chi connectivity index (χ0n) is 18.0. The maximum absolute atomic E-state index is 12.5. The van der Waals surface area contributed by atoms with E-state index in [1.165, 1.54) is 0 Å². The van der Waals surface area contributed by atoms with Crippen molar-refractivity contribution in [1.29, 1.82) is 0 Å². The minimum atomic E-state index is 0.165. The van der Waals surface area contributed by atoms with Crippen LogP contribution in [0.25, 0.3) is 16.9 Å². The van der Waals surface area contributed by atoms with Gasteiger partial charge in [0.1, 0.15) is 5.82 Å². The molecule has 8 heteroatoms. The van der Waals surface area contributed by atoms with Crippen LogP contribution >= 0.6 is 27.5 Å². The van der Waals surface area contributed by atoms with Crippen molar-refractivity contribution in [3.8, 4) is 11.3 Å². The largest absolute Gasteiger partial charge is 0.370 e. The number of anilines is 1. The van der Waals surface area contributed by atoms with E-state index in [0.29, 0.717) is 29.9 Å². The van der Waals surface area contributed by atoms with E-state index in [1.54, 1.807) is 10.7 Å². The molecule has 2 aromatic heterocycles. The second-order valence-corrected chi connectivity index (χ2v) is 9.79. The molecule has 2 aliphatic rings. The molecule has 0 bridgehead atoms. The van der Waals surface area contributed by atoms with Crippen LogP contribution < -0.4 is 10.6 Å². The second-order valence-electron chi connectivity index (χ2n) is 8.52. The SMILES string of the molecule is O=C(NCCCNc1cc(-c2ccccc2Cl)nc2c(Br)cnn12)[C@@H]1C[C@H]1C1C=CC=CC1. The molecule has 3 atom stereocenters. The standard InChI is InChI=1S/C25H25BrClN5O/c26-20-15-30-32-23(14-22(31-24(20)32)17-9-4-5-10-21(17)27)28-11-6-12-29-25(33)19-13-18(19)16-7-2-1-3-8-16/h1-5,7,9-10,14-16,18-19,28H,6,8,11-13H2,(H,29,33)/t16?,18-,19+/m0/s1. The summed E-state index contributed by atoms with van der Waals surface area (Å²) in [5.74, 6) is 2.19. The van der Waals surface area contributed by atoms with Gasteiger partial charge in [0.2, 0.25) is 5.91 Å². The van der Waals surface area contributed by atoms with Crippen LogP contribution in [0.3, 0.4) is 0 Å². The summed E-state index contributed by atoms with van der Waals surface area (Å²) in [5, 5.41) is 11.6. The minimum Gasteiger partial charge on any atom is -0.370 e. The number of amides is 1. The Morgan fingerprint density at radius 3 is 2.94 bits per heavy atom. The molecule has 1 amide bonds. The highest BCUT2D eigenvalue weighted by Gasteiger charge is 2.46. The van der Waals surface area contributed by atoms with Gasteiger partial charge < -0.3 is 10.6 Å². The van der Waals surface area contributed by atoms with Crippen molar-refractivity contribution in [2.45, 2.75) is 19.3 Å². The fraction of sp³-hybridized carbons (Fsp3) is 0.320. The lowest BCUT2D eigenvalue weighted by Gasteiger charge is -2.13. The molecule has 0 saturated heterocycles. The number of benzene rings is 1. The van der Waals surface area contributed by atoms with Gasteiger partial charge in [-0.1, -0.05) is 54.1 Å². The Hall–Kier alpha value is -2.64. The Kier molecular flexibility index (Phi) is 6.51. The second kappa shape index (κ2) is 9.69. The van der Waals surface area contributed by atoms with Gasteiger partial charge in [-0.2, -0.15) is 9.61 Å². The van der Waals surface area contributed by atoms with Crippen LogP contribution in [0.1, 0.15) is 19.3 Å². The van der Waals surface area contributed by atoms with Crippen molar-refractivity contribution >= 4 is 44.9 Å². The summed E-state index contributed by atoms with van der Waals surface area (Å²) < 4.78 is 2.58. The van der Waals surface area contributed by atoms with E-state index >= 15 is 0 Å². The highest BCUT2D eigenvalue weighted by atomic mass is 79.9. The van der Waals surface area contributed by atoms with Crippen LogP contribution in [-0.2, 0) is 4.79 Å². The number of carbonyl (C=O) groups is 1. The van der Waals surface area contributed by atoms with E-state index in [9.17, 15) is 4.79 Å². The van der Waals surface area contributed by atoms with E-state index in [0.717, 1.165) is 46.5 Å². The lowest BCUT2D eigenvalue weighted by Crippen LogP contribution is -2.28. The van der Waals surface area contributed by atoms with Crippen molar-refractivity contribution in [2.75, 3.05) is 18.4 Å². The molecule has 1 unspecified atom stereocenters. The van der Waals surface area contributed by atoms with E-state index in [-0.39, 0.29) is 11.8 Å². The number of aromatic nitrogens is 3. The van der Waals surface area contributed by atoms with Crippen LogP contribution in [0, 0.1) is 17.8 Å². The van der Waals surface area contributed by atoms with Gasteiger partial charge in [0.05, 0.1) is 16.4 Å². The molecular formula is C25H25BrClN5O. The molecule has 0 spiro atoms. The van der Waals surface area contributed by atoms with Crippen LogP contribution in [-0.4, -0.2) is 33.6 Å². The summed E-state index contributed by atoms with van der Waals surface area (Å²) >= 11 is 9.93. The molecule has 170 valence electrons. The highest BCUT2D eigenvalue weighted by Crippen LogP contribution is 2.47. The molecule has 6 nitrogen and oxygen atoms in total. The van der Waals surface area contributed by atoms with Crippen LogP contribution in [0.4, 0.5) is 5.82 Å². The van der Waals surface area contributed by atoms with Crippen molar-refractivity contribution in [3.05, 3.63) is 70.3 Å². The fourth-order valence-corrected chi connectivity index (χ4v) is 5.00. The minimum absolute atomic E-state index is 0.165. The van der Waals surface area contributed by atoms with Gasteiger partial charge in [0.15, 0.2) is 5.65 Å². The van der Waals surface area contributed by atoms with Gasteiger partial charge in [-0.15, -0.1) is 0 Å². The maximum Gasteiger partial charge on any atom is 0.223 e. The Morgan fingerprint density at radius 1 is 1.24 bits per heavy atom. The number of allylic oxidation sites excluding steroid dienone is 4. The Bertz CT molecular complexity index is 1240. The first-order valence-corrected chi connectivity index (χ1v) is 12.4. The lowest BCUT2D eigenvalue weighted by atomic mass is 9.94. The van der Waals surface area contributed by atoms with E-state index < -0.39 is 0 Å². The zero-order chi connectivity index (χ0) is 22.8. The molecule has 1 saturated carbocycles. The third-order valence-corrected chi connectivity index (χ3v) is 7.17. The molecule has 1 aromatic carbocycles. The molecule has 2 N–H and O–H groups in total. The Balaban J connectivity index is 1.17. The van der Waals surface area contributed by atoms with Crippen LogP contribution in [0.15, 0.2) is 65.3 Å². The first-order valence-electron chi connectivity index (χ1n) is 11.3. The first-order chi connectivity index (χ1) is 16.1. The molecule has 3 aromatic rings. The smallest absolute Gasteiger partial charge is 0.223 e. The van der Waals surface area contributed by atoms with Gasteiger partial charge >= 0.3 is 0 Å². The topological polar surface area (TPSA) is 71.3 Å². The number of rotatable bonds is 8. The summed E-state index contributed by atoms with van der Waals surface area (Å²) in [7, 11) is 0. The van der Waals surface area contributed by atoms with E-state index in [2.05, 4.69) is 56.0 Å². The van der Waals surface area contributed by atoms with E-state index in [1.807, 2.05) is 30.3 Å². The molecule has 0 aliphatic heterocycles. The third kappa shape index (κ3) is 4.84. The number of carbonyl (C=O) groups excluding carboxylic acids is 1. The molecule has 0 radical (unpaired) electrons. The number of nitrogens with zero attached hydrogens (tertiary/aromatic N) is 3. The number of fused-ring (bicyclic) bond motifs is 1. The fourth-order valence-electron chi connectivity index (χ4n) is 4.42. The highest BCUT2D eigenvalue weighted by molar-refractivity contribution is 9.10.